The van der Waals surface area contributed by atoms with Crippen LogP contribution in [0.3, 0.4) is 0 Å². The Labute approximate surface area is 162 Å². The number of halogens is 1. The van der Waals surface area contributed by atoms with Gasteiger partial charge in [-0.05, 0) is 59.1 Å². The lowest BCUT2D eigenvalue weighted by Crippen LogP contribution is -2.41. The molecule has 0 aliphatic carbocycles. The molecule has 0 N–H and O–H groups in total. The molecule has 2 aliphatic rings. The van der Waals surface area contributed by atoms with E-state index < -0.39 is 24.0 Å². The van der Waals surface area contributed by atoms with Gasteiger partial charge in [0.25, 0.3) is 0 Å². The highest BCUT2D eigenvalue weighted by Gasteiger charge is 2.53. The quantitative estimate of drug-likeness (QED) is 0.711. The van der Waals surface area contributed by atoms with E-state index in [-0.39, 0.29) is 0 Å². The number of hydrogen-bond acceptors (Lipinski definition) is 5. The zero-order valence-electron chi connectivity index (χ0n) is 17.4. The smallest absolute Gasteiger partial charge is 0.398 e. The standard InChI is InChI=1S/C19H32BFN4O2/c1-14(2)11-24-9-7-8-16(24)13-25-12-15(22-23-25)10-17(21)20-26-18(3,4)19(5,6)27-20/h10,12,14,16H,7-9,11,13H2,1-6H3. The third kappa shape index (κ3) is 4.61. The maximum Gasteiger partial charge on any atom is 0.525 e. The summed E-state index contributed by atoms with van der Waals surface area (Å²) in [6.07, 6.45) is 5.53. The number of hydrogen-bond donors (Lipinski definition) is 0. The van der Waals surface area contributed by atoms with Gasteiger partial charge in [-0.2, -0.15) is 0 Å². The average molecular weight is 378 g/mol. The second-order valence-electron chi connectivity index (χ2n) is 9.17. The SMILES string of the molecule is CC(C)CN1CCCC1Cn1cc(C=C(F)B2OC(C)(C)C(C)(C)O2)nn1. The molecule has 3 heterocycles. The fourth-order valence-electron chi connectivity index (χ4n) is 3.66. The fraction of sp³-hybridized carbons (Fsp3) is 0.789. The van der Waals surface area contributed by atoms with Crippen LogP contribution in [-0.4, -0.2) is 57.3 Å². The van der Waals surface area contributed by atoms with Crippen LogP contribution >= 0.6 is 0 Å². The summed E-state index contributed by atoms with van der Waals surface area (Å²) < 4.78 is 27.9. The number of aromatic nitrogens is 3. The summed E-state index contributed by atoms with van der Waals surface area (Å²) in [5.41, 5.74) is -1.13. The fourth-order valence-corrected chi connectivity index (χ4v) is 3.66. The van der Waals surface area contributed by atoms with Crippen molar-refractivity contribution in [2.45, 2.75) is 78.2 Å². The van der Waals surface area contributed by atoms with Crippen molar-refractivity contribution in [2.75, 3.05) is 13.1 Å². The normalized spacial score (nSPS) is 25.7. The van der Waals surface area contributed by atoms with Crippen molar-refractivity contribution in [1.29, 1.82) is 0 Å². The molecule has 1 unspecified atom stereocenters. The van der Waals surface area contributed by atoms with E-state index in [9.17, 15) is 4.39 Å². The molecule has 27 heavy (non-hydrogen) atoms. The lowest BCUT2D eigenvalue weighted by molar-refractivity contribution is 0.00578. The van der Waals surface area contributed by atoms with Crippen molar-refractivity contribution in [3.05, 3.63) is 17.6 Å². The first-order valence-electron chi connectivity index (χ1n) is 9.94. The van der Waals surface area contributed by atoms with Crippen molar-refractivity contribution in [1.82, 2.24) is 19.9 Å². The Bertz CT molecular complexity index is 673. The molecule has 2 fully saturated rings. The average Bonchev–Trinajstić information content (AvgIpc) is 3.20. The van der Waals surface area contributed by atoms with Crippen molar-refractivity contribution in [3.63, 3.8) is 0 Å². The van der Waals surface area contributed by atoms with Crippen molar-refractivity contribution < 1.29 is 13.7 Å². The molecule has 1 atom stereocenters. The summed E-state index contributed by atoms with van der Waals surface area (Å²) in [5.74, 6) is 0.647. The highest BCUT2D eigenvalue weighted by molar-refractivity contribution is 6.54. The third-order valence-corrected chi connectivity index (χ3v) is 5.82. The maximum absolute atomic E-state index is 14.6. The van der Waals surface area contributed by atoms with Crippen LogP contribution in [0, 0.1) is 5.92 Å². The highest BCUT2D eigenvalue weighted by Crippen LogP contribution is 2.39. The first kappa shape index (κ1) is 20.5. The zero-order valence-corrected chi connectivity index (χ0v) is 17.4. The van der Waals surface area contributed by atoms with Gasteiger partial charge < -0.3 is 9.31 Å². The van der Waals surface area contributed by atoms with Gasteiger partial charge in [-0.25, -0.2) is 4.39 Å². The highest BCUT2D eigenvalue weighted by atomic mass is 19.1. The minimum Gasteiger partial charge on any atom is -0.398 e. The predicted molar refractivity (Wildman–Crippen MR) is 105 cm³/mol. The monoisotopic (exact) mass is 378 g/mol. The van der Waals surface area contributed by atoms with Gasteiger partial charge >= 0.3 is 7.12 Å². The van der Waals surface area contributed by atoms with E-state index in [1.807, 2.05) is 32.4 Å². The molecule has 0 radical (unpaired) electrons. The van der Waals surface area contributed by atoms with Crippen LogP contribution < -0.4 is 0 Å². The summed E-state index contributed by atoms with van der Waals surface area (Å²) in [5, 5.41) is 8.27. The van der Waals surface area contributed by atoms with Crippen LogP contribution in [-0.2, 0) is 15.9 Å². The summed E-state index contributed by atoms with van der Waals surface area (Å²) in [6, 6.07) is 0.471. The largest absolute Gasteiger partial charge is 0.525 e. The first-order valence-corrected chi connectivity index (χ1v) is 9.94. The van der Waals surface area contributed by atoms with E-state index in [0.717, 1.165) is 19.6 Å². The molecule has 150 valence electrons. The summed E-state index contributed by atoms with van der Waals surface area (Å²) >= 11 is 0. The molecule has 2 saturated heterocycles. The predicted octanol–water partition coefficient (Wildman–Crippen LogP) is 3.34. The van der Waals surface area contributed by atoms with Crippen molar-refractivity contribution in [3.8, 4) is 0 Å². The molecule has 0 amide bonds. The van der Waals surface area contributed by atoms with E-state index >= 15 is 0 Å². The van der Waals surface area contributed by atoms with Gasteiger partial charge in [-0.1, -0.05) is 19.1 Å². The Balaban J connectivity index is 1.63. The number of rotatable bonds is 6. The molecule has 2 aliphatic heterocycles. The molecule has 0 spiro atoms. The number of nitrogens with zero attached hydrogens (tertiary/aromatic N) is 4. The van der Waals surface area contributed by atoms with Crippen molar-refractivity contribution >= 4 is 13.2 Å². The molecule has 0 aromatic carbocycles. The molecule has 0 saturated carbocycles. The molecule has 1 aromatic rings. The van der Waals surface area contributed by atoms with E-state index in [4.69, 9.17) is 9.31 Å². The van der Waals surface area contributed by atoms with Gasteiger partial charge in [-0.3, -0.25) is 9.58 Å². The molecule has 3 rings (SSSR count). The van der Waals surface area contributed by atoms with Gasteiger partial charge in [0.1, 0.15) is 11.4 Å². The maximum atomic E-state index is 14.6. The Kier molecular flexibility index (Phi) is 5.80. The minimum atomic E-state index is -1.00. The van der Waals surface area contributed by atoms with Crippen LogP contribution in [0.5, 0.6) is 0 Å². The van der Waals surface area contributed by atoms with Gasteiger partial charge in [0.05, 0.1) is 23.9 Å². The van der Waals surface area contributed by atoms with Crippen LogP contribution in [0.1, 0.15) is 60.1 Å². The van der Waals surface area contributed by atoms with Crippen LogP contribution in [0.2, 0.25) is 0 Å². The molecular weight excluding hydrogens is 346 g/mol. The third-order valence-electron chi connectivity index (χ3n) is 5.82. The van der Waals surface area contributed by atoms with Gasteiger partial charge in [0.15, 0.2) is 0 Å². The Hall–Kier alpha value is -1.25. The van der Waals surface area contributed by atoms with Crippen LogP contribution in [0.4, 0.5) is 4.39 Å². The Morgan fingerprint density at radius 1 is 1.33 bits per heavy atom. The molecule has 1 aromatic heterocycles. The minimum absolute atomic E-state index is 0.471. The first-order chi connectivity index (χ1) is 12.6. The van der Waals surface area contributed by atoms with E-state index in [2.05, 4.69) is 29.1 Å². The molecule has 8 heteroatoms. The molecule has 0 bridgehead atoms. The van der Waals surface area contributed by atoms with E-state index in [1.54, 1.807) is 6.20 Å². The second-order valence-corrected chi connectivity index (χ2v) is 9.17. The summed E-state index contributed by atoms with van der Waals surface area (Å²) in [7, 11) is -1.00. The van der Waals surface area contributed by atoms with E-state index in [1.165, 1.54) is 18.9 Å². The Morgan fingerprint density at radius 3 is 2.63 bits per heavy atom. The molecular formula is C19H32BFN4O2. The molecule has 6 nitrogen and oxygen atoms in total. The second kappa shape index (κ2) is 7.64. The van der Waals surface area contributed by atoms with Gasteiger partial charge in [0, 0.05) is 12.6 Å². The van der Waals surface area contributed by atoms with E-state index in [0.29, 0.717) is 17.7 Å². The van der Waals surface area contributed by atoms with Crippen LogP contribution in [0.25, 0.3) is 6.08 Å². The van der Waals surface area contributed by atoms with Gasteiger partial charge in [0.2, 0.25) is 0 Å². The topological polar surface area (TPSA) is 52.4 Å². The number of likely N-dealkylation sites (tertiary alicyclic amines) is 1. The van der Waals surface area contributed by atoms with Crippen molar-refractivity contribution in [2.24, 2.45) is 5.92 Å². The lowest BCUT2D eigenvalue weighted by atomic mass is 9.87. The Morgan fingerprint density at radius 2 is 2.00 bits per heavy atom. The zero-order chi connectivity index (χ0) is 19.8. The van der Waals surface area contributed by atoms with Crippen LogP contribution in [0.15, 0.2) is 11.9 Å². The lowest BCUT2D eigenvalue weighted by Gasteiger charge is -2.32. The summed E-state index contributed by atoms with van der Waals surface area (Å²) in [6.45, 7) is 15.1. The van der Waals surface area contributed by atoms with Gasteiger partial charge in [-0.15, -0.1) is 5.10 Å². The summed E-state index contributed by atoms with van der Waals surface area (Å²) in [4.78, 5) is 2.52.